The Bertz CT molecular complexity index is 2190. The number of aliphatic hydroxyl groups is 18. The average Bonchev–Trinajstić information content (AvgIpc) is 0.820. The summed E-state index contributed by atoms with van der Waals surface area (Å²) in [5.74, 6) is -6.35. The molecule has 0 bridgehead atoms. The normalized spacial score (nSPS) is 44.3. The first kappa shape index (κ1) is 88.7. The monoisotopic (exact) mass is 1360 g/mol. The molecule has 558 valence electrons. The summed E-state index contributed by atoms with van der Waals surface area (Å²) in [6.07, 6.45) is -10.2. The van der Waals surface area contributed by atoms with Crippen molar-refractivity contribution in [3.63, 3.8) is 0 Å². The third kappa shape index (κ3) is 30.4. The molecule has 0 aliphatic carbocycles. The number of nitrogens with two attached hydrogens (primary N) is 1. The van der Waals surface area contributed by atoms with Crippen LogP contribution in [0, 0.1) is 59.2 Å². The highest BCUT2D eigenvalue weighted by Gasteiger charge is 2.46. The molecule has 2 aliphatic rings. The van der Waals surface area contributed by atoms with Crippen LogP contribution in [-0.4, -0.2) is 239 Å². The molecular weight excluding hydrogens is 1230 g/mol. The molecule has 0 spiro atoms. The Morgan fingerprint density at radius 3 is 1.67 bits per heavy atom. The SMILES string of the molecule is C/C1=C\C(C)C(O)/C(C)=C/C(O[C@H]2O[C@H](CO)[C@@H](O)[C@H](O)[C@@H]2O)C(O)C(C)C(O)CC(O)/C=C\C(C)C(O)C(C)CCC(O)CC(O)C(C)C(O)C(C)C(O)CC(O)CC(O)C(C)C(C(C)CCCCCCN)OC(=O)CCCCCC(O)C(C)C(O)CC/C=C/C(C)C1O. The Balaban J connectivity index is 2.44. The van der Waals surface area contributed by atoms with Gasteiger partial charge in [-0.1, -0.05) is 138 Å². The van der Waals surface area contributed by atoms with Crippen molar-refractivity contribution >= 4 is 5.97 Å². The lowest BCUT2D eigenvalue weighted by molar-refractivity contribution is -0.314. The summed E-state index contributed by atoms with van der Waals surface area (Å²) < 4.78 is 17.8. The first-order chi connectivity index (χ1) is 44.5. The average molecular weight is 1360 g/mol. The zero-order valence-electron chi connectivity index (χ0n) is 59.3. The van der Waals surface area contributed by atoms with Crippen molar-refractivity contribution in [3.8, 4) is 0 Å². The fraction of sp³-hybridized carbons (Fsp3) is 0.875. The minimum atomic E-state index is -1.87. The predicted octanol–water partition coefficient (Wildman–Crippen LogP) is 3.50. The number of aliphatic hydroxyl groups excluding tert-OH is 18. The number of esters is 1. The maximum atomic E-state index is 13.5. The van der Waals surface area contributed by atoms with Crippen molar-refractivity contribution in [3.05, 3.63) is 47.6 Å². The third-order valence-corrected chi connectivity index (χ3v) is 20.8. The van der Waals surface area contributed by atoms with E-state index in [0.717, 1.165) is 32.1 Å². The Morgan fingerprint density at radius 2 is 1.06 bits per heavy atom. The van der Waals surface area contributed by atoms with Gasteiger partial charge in [-0.05, 0) is 114 Å². The van der Waals surface area contributed by atoms with Crippen LogP contribution in [0.15, 0.2) is 47.6 Å². The first-order valence-electron chi connectivity index (χ1n) is 35.6. The lowest BCUT2D eigenvalue weighted by Crippen LogP contribution is -2.60. The minimum Gasteiger partial charge on any atom is -0.462 e. The predicted molar refractivity (Wildman–Crippen MR) is 362 cm³/mol. The molecule has 0 radical (unpaired) electrons. The number of unbranched alkanes of at least 4 members (excludes halogenated alkanes) is 3. The quantitative estimate of drug-likeness (QED) is 0.0845. The van der Waals surface area contributed by atoms with E-state index < -0.39 is 188 Å². The summed E-state index contributed by atoms with van der Waals surface area (Å²) in [5.41, 5.74) is 6.49. The van der Waals surface area contributed by atoms with Gasteiger partial charge in [0.05, 0.1) is 92.1 Å². The van der Waals surface area contributed by atoms with Gasteiger partial charge in [0.15, 0.2) is 6.29 Å². The second-order valence-corrected chi connectivity index (χ2v) is 29.0. The molecule has 0 aromatic carbocycles. The van der Waals surface area contributed by atoms with E-state index in [2.05, 4.69) is 0 Å². The zero-order valence-corrected chi connectivity index (χ0v) is 59.3. The number of hydrogen-bond donors (Lipinski definition) is 19. The fourth-order valence-corrected chi connectivity index (χ4v) is 13.2. The van der Waals surface area contributed by atoms with E-state index in [1.54, 1.807) is 74.5 Å². The van der Waals surface area contributed by atoms with Gasteiger partial charge >= 0.3 is 5.97 Å². The third-order valence-electron chi connectivity index (χ3n) is 20.8. The lowest BCUT2D eigenvalue weighted by Gasteiger charge is -2.41. The Hall–Kier alpha value is -2.41. The topological polar surface area (TPSA) is 435 Å². The highest BCUT2D eigenvalue weighted by atomic mass is 16.7. The molecule has 0 saturated carbocycles. The van der Waals surface area contributed by atoms with Crippen molar-refractivity contribution in [1.82, 2.24) is 0 Å². The lowest BCUT2D eigenvalue weighted by atomic mass is 9.81. The van der Waals surface area contributed by atoms with Crippen LogP contribution in [0.4, 0.5) is 0 Å². The first-order valence-corrected chi connectivity index (χ1v) is 35.6. The summed E-state index contributed by atoms with van der Waals surface area (Å²) in [6.45, 7) is 20.3. The van der Waals surface area contributed by atoms with Crippen molar-refractivity contribution in [2.75, 3.05) is 13.2 Å². The highest BCUT2D eigenvalue weighted by Crippen LogP contribution is 2.33. The molecule has 23 nitrogen and oxygen atoms in total. The number of allylic oxidation sites excluding steroid dienone is 1. The van der Waals surface area contributed by atoms with Gasteiger partial charge in [-0.2, -0.15) is 0 Å². The molecule has 20 N–H and O–H groups in total. The smallest absolute Gasteiger partial charge is 0.306 e. The number of cyclic esters (lactones) is 1. The minimum absolute atomic E-state index is 0.104. The summed E-state index contributed by atoms with van der Waals surface area (Å²) in [5, 5.41) is 200. The summed E-state index contributed by atoms with van der Waals surface area (Å²) in [6, 6.07) is 0. The number of hydrogen-bond acceptors (Lipinski definition) is 23. The van der Waals surface area contributed by atoms with Crippen molar-refractivity contribution in [1.29, 1.82) is 0 Å². The molecule has 31 atom stereocenters. The number of carbonyl (C=O) groups is 1. The number of ether oxygens (including phenoxy) is 3. The molecular formula is C72H133NO22. The van der Waals surface area contributed by atoms with E-state index in [9.17, 15) is 96.7 Å². The van der Waals surface area contributed by atoms with Gasteiger partial charge in [0, 0.05) is 60.2 Å². The second-order valence-electron chi connectivity index (χ2n) is 29.0. The van der Waals surface area contributed by atoms with Gasteiger partial charge in [0.2, 0.25) is 0 Å². The van der Waals surface area contributed by atoms with E-state index in [-0.39, 0.29) is 55.9 Å². The van der Waals surface area contributed by atoms with Gasteiger partial charge < -0.3 is 112 Å². The highest BCUT2D eigenvalue weighted by molar-refractivity contribution is 5.69. The van der Waals surface area contributed by atoms with Crippen molar-refractivity contribution in [2.24, 2.45) is 64.9 Å². The molecule has 0 aromatic heterocycles. The molecule has 95 heavy (non-hydrogen) atoms. The van der Waals surface area contributed by atoms with E-state index in [0.29, 0.717) is 57.1 Å². The second kappa shape index (κ2) is 45.5. The summed E-state index contributed by atoms with van der Waals surface area (Å²) in [7, 11) is 0. The van der Waals surface area contributed by atoms with Crippen LogP contribution >= 0.6 is 0 Å². The molecule has 23 heteroatoms. The maximum absolute atomic E-state index is 13.5. The Kier molecular flexibility index (Phi) is 42.4. The standard InChI is InChI=1S/C72H133NO22/c1-39-22-19-20-25-55(79)46(8)54(78)24-17-15-18-26-62(84)95-71(42(4)23-16-13-14-21-31-73)50(12)59(83)37-53(77)36-58(82)48(10)66(88)47(9)56(80)34-51(75)29-27-40(2)63(85)41(3)28-30-52(76)35-57(81)49(11)67(89)60(33-45(7)65(87)44(6)32-43(5)64(39)86)93-72-70(92)69(91)68(90)61(38-74)94-72/h19,22,28,30,32-33,39-42,44,46-61,63-72,74-83,85-92H,13-18,20-21,23-27,29,31,34-38,73H2,1-12H3/b22-19+,30-28-,43-32+,45-33+/t39?,40?,41?,42?,44?,46?,47?,48?,49?,50?,51?,52?,53?,54?,55?,56?,57?,58?,59?,60?,61-,63?,64?,65?,66?,67?,68-,69+,70+,71?,72+/m1/s1. The molecule has 0 aromatic rings. The molecule has 0 amide bonds. The molecule has 1 fully saturated rings. The number of rotatable bonds is 10. The Labute approximate surface area is 567 Å². The van der Waals surface area contributed by atoms with E-state index >= 15 is 0 Å². The van der Waals surface area contributed by atoms with Gasteiger partial charge in [0.25, 0.3) is 0 Å². The number of carbonyl (C=O) groups excluding carboxylic acids is 1. The molecule has 26 unspecified atom stereocenters. The van der Waals surface area contributed by atoms with Gasteiger partial charge in [-0.25, -0.2) is 0 Å². The van der Waals surface area contributed by atoms with E-state index in [4.69, 9.17) is 19.9 Å². The van der Waals surface area contributed by atoms with Crippen LogP contribution < -0.4 is 5.73 Å². The van der Waals surface area contributed by atoms with Crippen LogP contribution in [0.2, 0.25) is 0 Å². The van der Waals surface area contributed by atoms with E-state index in [1.807, 2.05) is 26.0 Å². The molecule has 2 rings (SSSR count). The van der Waals surface area contributed by atoms with Gasteiger partial charge in [-0.15, -0.1) is 0 Å². The van der Waals surface area contributed by atoms with Crippen LogP contribution in [0.1, 0.15) is 199 Å². The summed E-state index contributed by atoms with van der Waals surface area (Å²) >= 11 is 0. The van der Waals surface area contributed by atoms with Gasteiger partial charge in [0.1, 0.15) is 36.6 Å². The maximum Gasteiger partial charge on any atom is 0.306 e. The molecule has 2 heterocycles. The largest absolute Gasteiger partial charge is 0.462 e. The fourth-order valence-electron chi connectivity index (χ4n) is 13.2. The molecule has 2 aliphatic heterocycles. The van der Waals surface area contributed by atoms with E-state index in [1.165, 1.54) is 19.1 Å². The molecule has 1 saturated heterocycles. The van der Waals surface area contributed by atoms with Crippen molar-refractivity contribution < 1.29 is 111 Å². The van der Waals surface area contributed by atoms with Crippen LogP contribution in [0.5, 0.6) is 0 Å². The van der Waals surface area contributed by atoms with Crippen LogP contribution in [0.3, 0.4) is 0 Å². The summed E-state index contributed by atoms with van der Waals surface area (Å²) in [4.78, 5) is 13.5. The van der Waals surface area contributed by atoms with Gasteiger partial charge in [-0.3, -0.25) is 4.79 Å². The zero-order chi connectivity index (χ0) is 72.1. The Morgan fingerprint density at radius 1 is 0.516 bits per heavy atom. The van der Waals surface area contributed by atoms with Crippen molar-refractivity contribution in [2.45, 2.75) is 327 Å². The van der Waals surface area contributed by atoms with Crippen LogP contribution in [0.25, 0.3) is 0 Å². The van der Waals surface area contributed by atoms with Crippen LogP contribution in [-0.2, 0) is 19.0 Å².